The topological polar surface area (TPSA) is 54.0 Å². The van der Waals surface area contributed by atoms with Crippen molar-refractivity contribution >= 4 is 11.7 Å². The normalized spacial score (nSPS) is 10.4. The third-order valence-corrected chi connectivity index (χ3v) is 3.26. The number of pyridine rings is 1. The van der Waals surface area contributed by atoms with Crippen molar-refractivity contribution in [3.05, 3.63) is 59.9 Å². The number of urea groups is 1. The van der Waals surface area contributed by atoms with Crippen molar-refractivity contribution < 1.29 is 4.79 Å². The molecule has 110 valence electrons. The Morgan fingerprint density at radius 2 is 1.95 bits per heavy atom. The van der Waals surface area contributed by atoms with E-state index in [4.69, 9.17) is 0 Å². The molecule has 1 aromatic carbocycles. The quantitative estimate of drug-likeness (QED) is 0.881. The smallest absolute Gasteiger partial charge is 0.319 e. The van der Waals surface area contributed by atoms with Crippen molar-refractivity contribution in [2.24, 2.45) is 0 Å². The Hall–Kier alpha value is -2.36. The zero-order chi connectivity index (χ0) is 15.1. The molecule has 0 saturated carbocycles. The van der Waals surface area contributed by atoms with E-state index in [1.165, 1.54) is 5.56 Å². The Kier molecular flexibility index (Phi) is 5.32. The van der Waals surface area contributed by atoms with Crippen LogP contribution in [0.15, 0.2) is 48.8 Å². The predicted octanol–water partition coefficient (Wildman–Crippen LogP) is 3.57. The molecule has 0 unspecified atom stereocenters. The number of rotatable bonds is 5. The van der Waals surface area contributed by atoms with E-state index in [0.29, 0.717) is 12.5 Å². The minimum Gasteiger partial charge on any atom is -0.338 e. The van der Waals surface area contributed by atoms with Gasteiger partial charge in [-0.3, -0.25) is 4.98 Å². The van der Waals surface area contributed by atoms with Crippen LogP contribution in [0.2, 0.25) is 0 Å². The second kappa shape index (κ2) is 7.43. The van der Waals surface area contributed by atoms with Gasteiger partial charge in [0, 0.05) is 24.6 Å². The van der Waals surface area contributed by atoms with E-state index in [1.807, 2.05) is 42.6 Å². The van der Waals surface area contributed by atoms with Crippen molar-refractivity contribution in [1.82, 2.24) is 10.3 Å². The molecule has 4 nitrogen and oxygen atoms in total. The summed E-state index contributed by atoms with van der Waals surface area (Å²) in [6, 6.07) is 11.6. The highest BCUT2D eigenvalue weighted by Gasteiger charge is 2.03. The number of hydrogen-bond donors (Lipinski definition) is 2. The zero-order valence-corrected chi connectivity index (χ0v) is 12.5. The lowest BCUT2D eigenvalue weighted by atomic mass is 10.0. The molecular weight excluding hydrogens is 262 g/mol. The summed E-state index contributed by atoms with van der Waals surface area (Å²) in [6.07, 6.45) is 4.32. The summed E-state index contributed by atoms with van der Waals surface area (Å²) in [7, 11) is 0. The van der Waals surface area contributed by atoms with Gasteiger partial charge in [-0.05, 0) is 41.7 Å². The van der Waals surface area contributed by atoms with E-state index >= 15 is 0 Å². The maximum Gasteiger partial charge on any atom is 0.319 e. The number of nitrogens with one attached hydrogen (secondary N) is 2. The Labute approximate surface area is 125 Å². The highest BCUT2D eigenvalue weighted by atomic mass is 16.2. The van der Waals surface area contributed by atoms with Gasteiger partial charge >= 0.3 is 6.03 Å². The van der Waals surface area contributed by atoms with Gasteiger partial charge < -0.3 is 10.6 Å². The number of anilines is 1. The lowest BCUT2D eigenvalue weighted by Crippen LogP contribution is -2.30. The number of amides is 2. The summed E-state index contributed by atoms with van der Waals surface area (Å²) in [4.78, 5) is 15.8. The fraction of sp³-hybridized carbons (Fsp3) is 0.294. The zero-order valence-electron chi connectivity index (χ0n) is 12.5. The second-order valence-corrected chi connectivity index (χ2v) is 5.27. The predicted molar refractivity (Wildman–Crippen MR) is 85.5 cm³/mol. The van der Waals surface area contributed by atoms with Crippen LogP contribution < -0.4 is 10.6 Å². The lowest BCUT2D eigenvalue weighted by molar-refractivity contribution is 0.252. The fourth-order valence-corrected chi connectivity index (χ4v) is 1.99. The Morgan fingerprint density at radius 1 is 1.19 bits per heavy atom. The Bertz CT molecular complexity index is 564. The first-order valence-corrected chi connectivity index (χ1v) is 7.19. The molecule has 0 atom stereocenters. The fourth-order valence-electron chi connectivity index (χ4n) is 1.99. The van der Waals surface area contributed by atoms with Crippen LogP contribution in [0.1, 0.15) is 30.9 Å². The summed E-state index contributed by atoms with van der Waals surface area (Å²) in [6.45, 7) is 4.88. The van der Waals surface area contributed by atoms with Gasteiger partial charge in [0.2, 0.25) is 0 Å². The molecule has 2 aromatic rings. The van der Waals surface area contributed by atoms with Crippen LogP contribution in [0.5, 0.6) is 0 Å². The maximum absolute atomic E-state index is 11.8. The SMILES string of the molecule is CC(C)c1ccc(NC(=O)NCCc2cccnc2)cc1. The van der Waals surface area contributed by atoms with Gasteiger partial charge in [0.05, 0.1) is 0 Å². The van der Waals surface area contributed by atoms with E-state index in [-0.39, 0.29) is 6.03 Å². The van der Waals surface area contributed by atoms with Gasteiger partial charge in [-0.25, -0.2) is 4.79 Å². The van der Waals surface area contributed by atoms with E-state index in [0.717, 1.165) is 17.7 Å². The van der Waals surface area contributed by atoms with Crippen molar-refractivity contribution in [2.45, 2.75) is 26.2 Å². The van der Waals surface area contributed by atoms with E-state index in [9.17, 15) is 4.79 Å². The molecule has 0 bridgehead atoms. The van der Waals surface area contributed by atoms with Gasteiger partial charge in [0.15, 0.2) is 0 Å². The highest BCUT2D eigenvalue weighted by molar-refractivity contribution is 5.89. The third-order valence-electron chi connectivity index (χ3n) is 3.26. The van der Waals surface area contributed by atoms with Gasteiger partial charge in [-0.15, -0.1) is 0 Å². The molecule has 1 heterocycles. The van der Waals surface area contributed by atoms with Crippen LogP contribution in [0.3, 0.4) is 0 Å². The highest BCUT2D eigenvalue weighted by Crippen LogP contribution is 2.16. The summed E-state index contributed by atoms with van der Waals surface area (Å²) < 4.78 is 0. The van der Waals surface area contributed by atoms with Crippen LogP contribution in [0.25, 0.3) is 0 Å². The molecule has 2 rings (SSSR count). The van der Waals surface area contributed by atoms with E-state index in [2.05, 4.69) is 29.5 Å². The molecule has 0 saturated heterocycles. The van der Waals surface area contributed by atoms with Crippen molar-refractivity contribution in [1.29, 1.82) is 0 Å². The first-order valence-electron chi connectivity index (χ1n) is 7.19. The molecule has 2 amide bonds. The number of hydrogen-bond acceptors (Lipinski definition) is 2. The molecule has 0 aliphatic heterocycles. The molecule has 4 heteroatoms. The minimum absolute atomic E-state index is 0.184. The van der Waals surface area contributed by atoms with Crippen LogP contribution in [-0.2, 0) is 6.42 Å². The van der Waals surface area contributed by atoms with Crippen LogP contribution in [0.4, 0.5) is 10.5 Å². The first kappa shape index (κ1) is 15.0. The first-order chi connectivity index (χ1) is 10.1. The molecule has 0 fully saturated rings. The minimum atomic E-state index is -0.184. The van der Waals surface area contributed by atoms with Crippen LogP contribution in [0, 0.1) is 0 Å². The van der Waals surface area contributed by atoms with Crippen molar-refractivity contribution in [3.63, 3.8) is 0 Å². The van der Waals surface area contributed by atoms with Crippen molar-refractivity contribution in [3.8, 4) is 0 Å². The maximum atomic E-state index is 11.8. The standard InChI is InChI=1S/C17H21N3O/c1-13(2)15-5-7-16(8-6-15)20-17(21)19-11-9-14-4-3-10-18-12-14/h3-8,10,12-13H,9,11H2,1-2H3,(H2,19,20,21). The largest absolute Gasteiger partial charge is 0.338 e. The molecular formula is C17H21N3O. The second-order valence-electron chi connectivity index (χ2n) is 5.27. The summed E-state index contributed by atoms with van der Waals surface area (Å²) in [5, 5.41) is 5.67. The van der Waals surface area contributed by atoms with Gasteiger partial charge in [-0.2, -0.15) is 0 Å². The van der Waals surface area contributed by atoms with Crippen LogP contribution in [-0.4, -0.2) is 17.6 Å². The van der Waals surface area contributed by atoms with Crippen LogP contribution >= 0.6 is 0 Å². The molecule has 0 aliphatic carbocycles. The van der Waals surface area contributed by atoms with E-state index in [1.54, 1.807) is 6.20 Å². The Morgan fingerprint density at radius 3 is 2.57 bits per heavy atom. The molecule has 0 aliphatic rings. The average molecular weight is 283 g/mol. The molecule has 2 N–H and O–H groups in total. The third kappa shape index (κ3) is 4.91. The van der Waals surface area contributed by atoms with Gasteiger partial charge in [-0.1, -0.05) is 32.0 Å². The summed E-state index contributed by atoms with van der Waals surface area (Å²) in [5.74, 6) is 0.493. The van der Waals surface area contributed by atoms with E-state index < -0.39 is 0 Å². The summed E-state index contributed by atoms with van der Waals surface area (Å²) >= 11 is 0. The summed E-state index contributed by atoms with van der Waals surface area (Å²) in [5.41, 5.74) is 3.18. The molecule has 21 heavy (non-hydrogen) atoms. The molecule has 1 aromatic heterocycles. The number of aromatic nitrogens is 1. The number of carbonyl (C=O) groups is 1. The Balaban J connectivity index is 1.76. The van der Waals surface area contributed by atoms with Gasteiger partial charge in [0.25, 0.3) is 0 Å². The molecule has 0 spiro atoms. The number of nitrogens with zero attached hydrogens (tertiary/aromatic N) is 1. The lowest BCUT2D eigenvalue weighted by Gasteiger charge is -2.09. The molecule has 0 radical (unpaired) electrons. The van der Waals surface area contributed by atoms with Crippen molar-refractivity contribution in [2.75, 3.05) is 11.9 Å². The average Bonchev–Trinajstić information content (AvgIpc) is 2.49. The number of benzene rings is 1. The monoisotopic (exact) mass is 283 g/mol. The number of carbonyl (C=O) groups excluding carboxylic acids is 1. The van der Waals surface area contributed by atoms with Gasteiger partial charge in [0.1, 0.15) is 0 Å².